The molecule has 10 heteroatoms. The maximum Gasteiger partial charge on any atom is 0.258 e. The summed E-state index contributed by atoms with van der Waals surface area (Å²) in [5, 5.41) is 6.81. The highest BCUT2D eigenvalue weighted by molar-refractivity contribution is 7.89. The fourth-order valence-corrected chi connectivity index (χ4v) is 5.41. The van der Waals surface area contributed by atoms with Crippen LogP contribution in [0.4, 0.5) is 10.1 Å². The Bertz CT molecular complexity index is 1250. The maximum atomic E-state index is 13.5. The maximum absolute atomic E-state index is 13.5. The summed E-state index contributed by atoms with van der Waals surface area (Å²) >= 11 is 0. The van der Waals surface area contributed by atoms with Crippen LogP contribution in [-0.4, -0.2) is 41.9 Å². The third kappa shape index (κ3) is 5.51. The number of rotatable bonds is 7. The number of carbonyl (C=O) groups is 1. The Kier molecular flexibility index (Phi) is 7.08. The number of carbonyl (C=O) groups excluding carboxylic acids is 1. The highest BCUT2D eigenvalue weighted by atomic mass is 32.2. The molecule has 1 aromatic heterocycles. The van der Waals surface area contributed by atoms with Gasteiger partial charge in [0.1, 0.15) is 5.82 Å². The lowest BCUT2D eigenvalue weighted by molar-refractivity contribution is -0.116. The number of hydrogen-bond acceptors (Lipinski definition) is 6. The molecule has 4 rings (SSSR count). The fourth-order valence-electron chi connectivity index (χ4n) is 3.94. The first-order chi connectivity index (χ1) is 16.2. The Labute approximate surface area is 198 Å². The molecule has 1 fully saturated rings. The third-order valence-electron chi connectivity index (χ3n) is 5.70. The molecular formula is C24H27FN4O4S. The fraction of sp³-hybridized carbons (Fsp3) is 0.375. The zero-order chi connectivity index (χ0) is 24.3. The Balaban J connectivity index is 1.37. The van der Waals surface area contributed by atoms with Crippen LogP contribution >= 0.6 is 0 Å². The van der Waals surface area contributed by atoms with Crippen LogP contribution in [0.3, 0.4) is 0 Å². The average molecular weight is 487 g/mol. The molecule has 0 radical (unpaired) electrons. The van der Waals surface area contributed by atoms with Crippen molar-refractivity contribution in [2.24, 2.45) is 5.92 Å². The molecule has 1 aliphatic rings. The zero-order valence-electron chi connectivity index (χ0n) is 19.1. The minimum Gasteiger partial charge on any atom is -0.334 e. The Morgan fingerprint density at radius 1 is 1.18 bits per heavy atom. The van der Waals surface area contributed by atoms with Gasteiger partial charge in [0.15, 0.2) is 5.82 Å². The minimum atomic E-state index is -3.66. The topological polar surface area (TPSA) is 105 Å². The van der Waals surface area contributed by atoms with Crippen LogP contribution < -0.4 is 5.32 Å². The Morgan fingerprint density at radius 2 is 1.88 bits per heavy atom. The molecule has 2 aromatic carbocycles. The van der Waals surface area contributed by atoms with Crippen molar-refractivity contribution in [1.29, 1.82) is 0 Å². The molecule has 0 bridgehead atoms. The third-order valence-corrected chi connectivity index (χ3v) is 7.61. The van der Waals surface area contributed by atoms with Crippen LogP contribution in [-0.2, 0) is 14.8 Å². The van der Waals surface area contributed by atoms with Gasteiger partial charge >= 0.3 is 0 Å². The van der Waals surface area contributed by atoms with Crippen LogP contribution in [0.5, 0.6) is 0 Å². The van der Waals surface area contributed by atoms with Gasteiger partial charge in [0.05, 0.1) is 4.90 Å². The van der Waals surface area contributed by atoms with Crippen molar-refractivity contribution in [3.05, 3.63) is 60.2 Å². The van der Waals surface area contributed by atoms with E-state index in [1.54, 1.807) is 24.3 Å². The van der Waals surface area contributed by atoms with Crippen LogP contribution in [0.2, 0.25) is 0 Å². The zero-order valence-corrected chi connectivity index (χ0v) is 19.9. The van der Waals surface area contributed by atoms with Crippen molar-refractivity contribution < 1.29 is 22.1 Å². The van der Waals surface area contributed by atoms with Gasteiger partial charge in [0, 0.05) is 36.7 Å². The molecule has 0 saturated carbocycles. The number of anilines is 1. The normalized spacial score (nSPS) is 15.5. The van der Waals surface area contributed by atoms with Gasteiger partial charge in [-0.15, -0.1) is 0 Å². The van der Waals surface area contributed by atoms with Gasteiger partial charge in [-0.2, -0.15) is 9.29 Å². The van der Waals surface area contributed by atoms with Crippen LogP contribution in [0, 0.1) is 11.7 Å². The van der Waals surface area contributed by atoms with Gasteiger partial charge in [-0.1, -0.05) is 25.1 Å². The van der Waals surface area contributed by atoms with Gasteiger partial charge < -0.3 is 9.84 Å². The van der Waals surface area contributed by atoms with E-state index >= 15 is 0 Å². The van der Waals surface area contributed by atoms with E-state index in [0.29, 0.717) is 49.4 Å². The van der Waals surface area contributed by atoms with Crippen molar-refractivity contribution in [2.45, 2.75) is 43.9 Å². The van der Waals surface area contributed by atoms with Gasteiger partial charge in [-0.3, -0.25) is 4.79 Å². The number of nitrogens with one attached hydrogen (secondary N) is 1. The molecule has 180 valence electrons. The summed E-state index contributed by atoms with van der Waals surface area (Å²) in [5.41, 5.74) is 1.07. The number of benzene rings is 2. The summed E-state index contributed by atoms with van der Waals surface area (Å²) in [4.78, 5) is 16.5. The molecule has 0 unspecified atom stereocenters. The van der Waals surface area contributed by atoms with Crippen LogP contribution in [0.1, 0.15) is 44.9 Å². The molecule has 1 aliphatic heterocycles. The average Bonchev–Trinajstić information content (AvgIpc) is 3.29. The molecular weight excluding hydrogens is 459 g/mol. The lowest BCUT2D eigenvalue weighted by atomic mass is 9.97. The van der Waals surface area contributed by atoms with Crippen molar-refractivity contribution in [3.8, 4) is 11.5 Å². The van der Waals surface area contributed by atoms with Crippen LogP contribution in [0.25, 0.3) is 11.5 Å². The molecule has 3 aromatic rings. The molecule has 1 saturated heterocycles. The largest absolute Gasteiger partial charge is 0.334 e. The summed E-state index contributed by atoms with van der Waals surface area (Å²) in [6.07, 6.45) is 1.49. The van der Waals surface area contributed by atoms with E-state index in [-0.39, 0.29) is 34.3 Å². The van der Waals surface area contributed by atoms with Crippen LogP contribution in [0.15, 0.2) is 57.9 Å². The highest BCUT2D eigenvalue weighted by Crippen LogP contribution is 2.31. The predicted octanol–water partition coefficient (Wildman–Crippen LogP) is 4.43. The number of hydrogen-bond donors (Lipinski definition) is 1. The smallest absolute Gasteiger partial charge is 0.258 e. The Morgan fingerprint density at radius 3 is 2.53 bits per heavy atom. The van der Waals surface area contributed by atoms with E-state index in [4.69, 9.17) is 4.52 Å². The second kappa shape index (κ2) is 10.0. The predicted molar refractivity (Wildman–Crippen MR) is 125 cm³/mol. The second-order valence-corrected chi connectivity index (χ2v) is 10.8. The van der Waals surface area contributed by atoms with Gasteiger partial charge in [-0.25, -0.2) is 12.8 Å². The molecule has 0 aliphatic carbocycles. The van der Waals surface area contributed by atoms with Crippen molar-refractivity contribution in [3.63, 3.8) is 0 Å². The van der Waals surface area contributed by atoms with Crippen molar-refractivity contribution in [1.82, 2.24) is 14.4 Å². The van der Waals surface area contributed by atoms with E-state index < -0.39 is 10.0 Å². The molecule has 2 heterocycles. The number of aromatic nitrogens is 2. The van der Waals surface area contributed by atoms with Crippen molar-refractivity contribution >= 4 is 21.6 Å². The second-order valence-electron chi connectivity index (χ2n) is 8.82. The number of halogens is 1. The van der Waals surface area contributed by atoms with Gasteiger partial charge in [0.2, 0.25) is 15.9 Å². The summed E-state index contributed by atoms with van der Waals surface area (Å²) in [6, 6.07) is 12.2. The summed E-state index contributed by atoms with van der Waals surface area (Å²) in [7, 11) is -3.66. The van der Waals surface area contributed by atoms with E-state index in [9.17, 15) is 17.6 Å². The molecule has 0 atom stereocenters. The van der Waals surface area contributed by atoms with E-state index in [1.807, 2.05) is 13.8 Å². The molecule has 1 N–H and O–H groups in total. The molecule has 0 spiro atoms. The number of piperidine rings is 1. The lowest BCUT2D eigenvalue weighted by Gasteiger charge is -2.29. The van der Waals surface area contributed by atoms with E-state index in [0.717, 1.165) is 0 Å². The first-order valence-corrected chi connectivity index (χ1v) is 12.7. The monoisotopic (exact) mass is 486 g/mol. The van der Waals surface area contributed by atoms with Crippen molar-refractivity contribution in [2.75, 3.05) is 18.4 Å². The molecule has 34 heavy (non-hydrogen) atoms. The van der Waals surface area contributed by atoms with Gasteiger partial charge in [-0.05, 0) is 61.2 Å². The van der Waals surface area contributed by atoms with E-state index in [2.05, 4.69) is 15.5 Å². The minimum absolute atomic E-state index is 0.0453. The number of amides is 1. The number of nitrogens with zero attached hydrogens (tertiary/aromatic N) is 3. The lowest BCUT2D eigenvalue weighted by Crippen LogP contribution is -2.38. The molecule has 8 nitrogen and oxygen atoms in total. The molecule has 1 amide bonds. The number of sulfonamides is 1. The highest BCUT2D eigenvalue weighted by Gasteiger charge is 2.32. The summed E-state index contributed by atoms with van der Waals surface area (Å²) < 4.78 is 46.4. The van der Waals surface area contributed by atoms with Gasteiger partial charge in [0.25, 0.3) is 5.89 Å². The first kappa shape index (κ1) is 24.0. The Hall–Kier alpha value is -3.11. The summed E-state index contributed by atoms with van der Waals surface area (Å²) in [5.74, 6) is 0.443. The summed E-state index contributed by atoms with van der Waals surface area (Å²) in [6.45, 7) is 4.56. The van der Waals surface area contributed by atoms with E-state index in [1.165, 1.54) is 28.6 Å². The quantitative estimate of drug-likeness (QED) is 0.530. The SMILES string of the molecule is CC(C)CC(=O)Nc1ccc(S(=O)(=O)N2CCC(c3noc(-c4cccc(F)c4)n3)CC2)cc1. The standard InChI is InChI=1S/C24H27FN4O4S/c1-16(2)14-22(30)26-20-6-8-21(9-7-20)34(31,32)29-12-10-17(11-13-29)23-27-24(33-28-23)18-4-3-5-19(25)15-18/h3-9,15-17H,10-14H2,1-2H3,(H,26,30). The first-order valence-electron chi connectivity index (χ1n) is 11.2.